The Labute approximate surface area is 208 Å². The maximum atomic E-state index is 13.8. The fourth-order valence-electron chi connectivity index (χ4n) is 4.18. The van der Waals surface area contributed by atoms with E-state index in [1.807, 2.05) is 6.07 Å². The lowest BCUT2D eigenvalue weighted by molar-refractivity contribution is 0.0710. The molecule has 0 radical (unpaired) electrons. The molecule has 1 amide bonds. The third-order valence-corrected chi connectivity index (χ3v) is 6.00. The van der Waals surface area contributed by atoms with Gasteiger partial charge in [0.2, 0.25) is 5.75 Å². The molecule has 1 aliphatic rings. The number of carbonyl (C=O) groups is 1. The number of benzene rings is 3. The van der Waals surface area contributed by atoms with E-state index < -0.39 is 6.04 Å². The first kappa shape index (κ1) is 24.8. The molecule has 0 aliphatic carbocycles. The largest absolute Gasteiger partial charge is 0.497 e. The van der Waals surface area contributed by atoms with E-state index in [4.69, 9.17) is 28.8 Å². The van der Waals surface area contributed by atoms with Crippen molar-refractivity contribution in [3.05, 3.63) is 77.1 Å². The maximum Gasteiger partial charge on any atom is 0.274 e. The van der Waals surface area contributed by atoms with Crippen molar-refractivity contribution in [3.63, 3.8) is 0 Å². The van der Waals surface area contributed by atoms with Gasteiger partial charge in [-0.05, 0) is 42.0 Å². The Hall–Kier alpha value is -4.27. The molecule has 188 valence electrons. The number of nitrogens with zero attached hydrogens (tertiary/aromatic N) is 2. The number of halogens is 1. The predicted molar refractivity (Wildman–Crippen MR) is 132 cm³/mol. The third kappa shape index (κ3) is 4.64. The summed E-state index contributed by atoms with van der Waals surface area (Å²) in [5, 5.41) is 6.10. The number of hydrogen-bond donors (Lipinski definition) is 0. The van der Waals surface area contributed by atoms with Crippen LogP contribution in [0.2, 0.25) is 0 Å². The quantitative estimate of drug-likeness (QED) is 0.445. The van der Waals surface area contributed by atoms with Crippen molar-refractivity contribution >= 4 is 11.6 Å². The summed E-state index contributed by atoms with van der Waals surface area (Å²) in [7, 11) is 7.59. The molecule has 8 nitrogen and oxygen atoms in total. The van der Waals surface area contributed by atoms with Crippen molar-refractivity contribution in [2.45, 2.75) is 12.5 Å². The van der Waals surface area contributed by atoms with E-state index in [0.29, 0.717) is 46.4 Å². The average molecular weight is 495 g/mol. The predicted octanol–water partition coefficient (Wildman–Crippen LogP) is 4.86. The van der Waals surface area contributed by atoms with E-state index in [1.54, 1.807) is 50.6 Å². The molecule has 0 N–H and O–H groups in total. The molecule has 0 fully saturated rings. The van der Waals surface area contributed by atoms with Crippen LogP contribution in [0.4, 0.5) is 4.39 Å². The maximum absolute atomic E-state index is 13.8. The van der Waals surface area contributed by atoms with Gasteiger partial charge in [-0.15, -0.1) is 0 Å². The second-order valence-electron chi connectivity index (χ2n) is 7.95. The van der Waals surface area contributed by atoms with Crippen LogP contribution in [0.5, 0.6) is 28.7 Å². The van der Waals surface area contributed by atoms with Gasteiger partial charge in [-0.3, -0.25) is 4.79 Å². The molecule has 36 heavy (non-hydrogen) atoms. The van der Waals surface area contributed by atoms with Crippen LogP contribution >= 0.6 is 0 Å². The van der Waals surface area contributed by atoms with Crippen LogP contribution in [-0.2, 0) is 0 Å². The molecular formula is C27H27FN2O6. The summed E-state index contributed by atoms with van der Waals surface area (Å²) in [5.74, 6) is 1.52. The van der Waals surface area contributed by atoms with Gasteiger partial charge in [-0.25, -0.2) is 9.40 Å². The normalized spacial score (nSPS) is 14.8. The van der Waals surface area contributed by atoms with E-state index in [2.05, 4.69) is 0 Å². The highest BCUT2D eigenvalue weighted by Crippen LogP contribution is 2.41. The highest BCUT2D eigenvalue weighted by molar-refractivity contribution is 6.07. The number of methoxy groups -OCH3 is 5. The second-order valence-corrected chi connectivity index (χ2v) is 7.95. The Bertz CT molecular complexity index is 1270. The van der Waals surface area contributed by atoms with E-state index in [0.717, 1.165) is 11.1 Å². The minimum Gasteiger partial charge on any atom is -0.497 e. The van der Waals surface area contributed by atoms with Crippen LogP contribution in [-0.4, -0.2) is 52.2 Å². The molecule has 3 aromatic carbocycles. The summed E-state index contributed by atoms with van der Waals surface area (Å²) in [4.78, 5) is 13.8. The number of rotatable bonds is 8. The van der Waals surface area contributed by atoms with Gasteiger partial charge in [-0.1, -0.05) is 12.1 Å². The third-order valence-electron chi connectivity index (χ3n) is 6.00. The van der Waals surface area contributed by atoms with Gasteiger partial charge in [0.1, 0.15) is 17.3 Å². The van der Waals surface area contributed by atoms with E-state index >= 15 is 0 Å². The van der Waals surface area contributed by atoms with Crippen molar-refractivity contribution in [3.8, 4) is 28.7 Å². The summed E-state index contributed by atoms with van der Waals surface area (Å²) in [6.07, 6.45) is 0.393. The van der Waals surface area contributed by atoms with Crippen molar-refractivity contribution in [1.29, 1.82) is 0 Å². The topological polar surface area (TPSA) is 78.8 Å². The number of hydrogen-bond acceptors (Lipinski definition) is 7. The highest BCUT2D eigenvalue weighted by atomic mass is 19.1. The smallest absolute Gasteiger partial charge is 0.274 e. The second kappa shape index (κ2) is 10.6. The lowest BCUT2D eigenvalue weighted by Gasteiger charge is -2.23. The molecule has 9 heteroatoms. The summed E-state index contributed by atoms with van der Waals surface area (Å²) in [6, 6.07) is 14.1. The van der Waals surface area contributed by atoms with Crippen LogP contribution < -0.4 is 23.7 Å². The van der Waals surface area contributed by atoms with Crippen molar-refractivity contribution in [2.75, 3.05) is 35.5 Å². The van der Waals surface area contributed by atoms with E-state index in [1.165, 1.54) is 38.5 Å². The molecule has 0 bridgehead atoms. The Morgan fingerprint density at radius 2 is 1.47 bits per heavy atom. The number of ether oxygens (including phenoxy) is 5. The molecule has 0 saturated carbocycles. The molecule has 3 aromatic rings. The average Bonchev–Trinajstić information content (AvgIpc) is 3.36. The van der Waals surface area contributed by atoms with Crippen molar-refractivity contribution in [2.24, 2.45) is 5.10 Å². The summed E-state index contributed by atoms with van der Waals surface area (Å²) >= 11 is 0. The summed E-state index contributed by atoms with van der Waals surface area (Å²) < 4.78 is 40.7. The zero-order valence-corrected chi connectivity index (χ0v) is 20.7. The molecule has 1 atom stereocenters. The lowest BCUT2D eigenvalue weighted by atomic mass is 9.97. The molecular weight excluding hydrogens is 467 g/mol. The van der Waals surface area contributed by atoms with E-state index in [-0.39, 0.29) is 11.7 Å². The van der Waals surface area contributed by atoms with Gasteiger partial charge in [0.05, 0.1) is 47.3 Å². The van der Waals surface area contributed by atoms with Crippen LogP contribution in [0.3, 0.4) is 0 Å². The number of hydrazone groups is 1. The van der Waals surface area contributed by atoms with Gasteiger partial charge >= 0.3 is 0 Å². The zero-order chi connectivity index (χ0) is 25.8. The number of carbonyl (C=O) groups excluding carboxylic acids is 1. The van der Waals surface area contributed by atoms with Gasteiger partial charge in [0, 0.05) is 23.6 Å². The minimum absolute atomic E-state index is 0.295. The van der Waals surface area contributed by atoms with Gasteiger partial charge in [-0.2, -0.15) is 5.10 Å². The van der Waals surface area contributed by atoms with Crippen molar-refractivity contribution in [1.82, 2.24) is 5.01 Å². The first-order valence-corrected chi connectivity index (χ1v) is 11.1. The summed E-state index contributed by atoms with van der Waals surface area (Å²) in [6.45, 7) is 0. The Morgan fingerprint density at radius 3 is 2.03 bits per heavy atom. The molecule has 1 aliphatic heterocycles. The Morgan fingerprint density at radius 1 is 0.833 bits per heavy atom. The van der Waals surface area contributed by atoms with Crippen LogP contribution in [0.1, 0.15) is 33.9 Å². The van der Waals surface area contributed by atoms with Gasteiger partial charge in [0.25, 0.3) is 5.91 Å². The Kier molecular flexibility index (Phi) is 7.28. The zero-order valence-electron chi connectivity index (χ0n) is 20.7. The Balaban J connectivity index is 1.81. The van der Waals surface area contributed by atoms with Gasteiger partial charge < -0.3 is 23.7 Å². The highest BCUT2D eigenvalue weighted by Gasteiger charge is 2.35. The SMILES string of the molecule is COc1ccc(C2=NN(C(=O)c3cc(OC)c(OC)c(OC)c3)[C@@H](c3ccc(F)cc3)C2)c(OC)c1. The first-order chi connectivity index (χ1) is 17.4. The molecule has 4 rings (SSSR count). The molecule has 0 aromatic heterocycles. The van der Waals surface area contributed by atoms with Crippen LogP contribution in [0.15, 0.2) is 59.7 Å². The summed E-state index contributed by atoms with van der Waals surface area (Å²) in [5.41, 5.74) is 2.40. The number of amides is 1. The van der Waals surface area contributed by atoms with Crippen molar-refractivity contribution < 1.29 is 32.9 Å². The fraction of sp³-hybridized carbons (Fsp3) is 0.259. The first-order valence-electron chi connectivity index (χ1n) is 11.1. The minimum atomic E-state index is -0.473. The van der Waals surface area contributed by atoms with E-state index in [9.17, 15) is 9.18 Å². The monoisotopic (exact) mass is 494 g/mol. The van der Waals surface area contributed by atoms with Crippen LogP contribution in [0, 0.1) is 5.82 Å². The molecule has 0 saturated heterocycles. The fourth-order valence-corrected chi connectivity index (χ4v) is 4.18. The molecule has 0 spiro atoms. The van der Waals surface area contributed by atoms with Crippen LogP contribution in [0.25, 0.3) is 0 Å². The molecule has 1 heterocycles. The standard InChI is InChI=1S/C27H27FN2O6/c1-32-19-10-11-20(23(14-19)33-2)21-15-22(16-6-8-18(28)9-7-16)30(29-21)27(31)17-12-24(34-3)26(36-5)25(13-17)35-4/h6-14,22H,15H2,1-5H3/t22-/m1/s1. The lowest BCUT2D eigenvalue weighted by Crippen LogP contribution is -2.27. The van der Waals surface area contributed by atoms with Gasteiger partial charge in [0.15, 0.2) is 11.5 Å². The molecule has 0 unspecified atom stereocenters.